The molecule has 0 aliphatic heterocycles. The maximum absolute atomic E-state index is 5.18. The van der Waals surface area contributed by atoms with Gasteiger partial charge in [-0.15, -0.1) is 0 Å². The molecule has 3 heteroatoms. The van der Waals surface area contributed by atoms with Crippen LogP contribution in [0.3, 0.4) is 0 Å². The highest BCUT2D eigenvalue weighted by molar-refractivity contribution is 5.75. The third-order valence-corrected chi connectivity index (χ3v) is 2.21. The van der Waals surface area contributed by atoms with Crippen LogP contribution >= 0.6 is 0 Å². The van der Waals surface area contributed by atoms with Crippen molar-refractivity contribution in [1.82, 2.24) is 0 Å². The van der Waals surface area contributed by atoms with E-state index in [1.807, 2.05) is 0 Å². The first-order chi connectivity index (χ1) is 4.52. The average molecular weight is 141 g/mol. The molecular weight excluding hydrogens is 126 g/mol. The monoisotopic (exact) mass is 141 g/mol. The van der Waals surface area contributed by atoms with Crippen molar-refractivity contribution in [2.24, 2.45) is 27.8 Å². The van der Waals surface area contributed by atoms with Gasteiger partial charge in [0.1, 0.15) is 0 Å². The summed E-state index contributed by atoms with van der Waals surface area (Å²) in [5.41, 5.74) is 10.9. The van der Waals surface area contributed by atoms with E-state index < -0.39 is 0 Å². The van der Waals surface area contributed by atoms with Crippen molar-refractivity contribution < 1.29 is 0 Å². The summed E-state index contributed by atoms with van der Waals surface area (Å²) in [7, 11) is 0. The molecule has 1 aliphatic rings. The summed E-state index contributed by atoms with van der Waals surface area (Å²) in [6.45, 7) is 5.27. The highest BCUT2D eigenvalue weighted by Gasteiger charge is 2.44. The summed E-state index contributed by atoms with van der Waals surface area (Å²) in [4.78, 5) is 3.95. The minimum absolute atomic E-state index is 0.211. The Balaban J connectivity index is 2.25. The molecule has 0 aromatic carbocycles. The van der Waals surface area contributed by atoms with Gasteiger partial charge in [-0.3, -0.25) is 4.99 Å². The largest absolute Gasteiger partial charge is 0.370 e. The first-order valence-electron chi connectivity index (χ1n) is 3.58. The van der Waals surface area contributed by atoms with Crippen LogP contribution in [0.15, 0.2) is 4.99 Å². The Morgan fingerprint density at radius 1 is 1.60 bits per heavy atom. The van der Waals surface area contributed by atoms with Crippen molar-refractivity contribution in [3.63, 3.8) is 0 Å². The molecule has 0 aromatic heterocycles. The van der Waals surface area contributed by atoms with Crippen molar-refractivity contribution in [2.45, 2.75) is 20.3 Å². The summed E-state index contributed by atoms with van der Waals surface area (Å²) >= 11 is 0. The van der Waals surface area contributed by atoms with Gasteiger partial charge < -0.3 is 11.5 Å². The Morgan fingerprint density at radius 3 is 2.40 bits per heavy atom. The molecule has 1 fully saturated rings. The number of rotatable bonds is 2. The zero-order chi connectivity index (χ0) is 7.78. The zero-order valence-corrected chi connectivity index (χ0v) is 6.59. The molecule has 1 saturated carbocycles. The molecule has 0 aromatic rings. The van der Waals surface area contributed by atoms with Crippen molar-refractivity contribution in [1.29, 1.82) is 0 Å². The molecule has 0 radical (unpaired) electrons. The first kappa shape index (κ1) is 7.38. The van der Waals surface area contributed by atoms with Crippen LogP contribution in [0.25, 0.3) is 0 Å². The van der Waals surface area contributed by atoms with Gasteiger partial charge in [0.05, 0.1) is 0 Å². The van der Waals surface area contributed by atoms with Crippen LogP contribution in [-0.2, 0) is 0 Å². The summed E-state index contributed by atoms with van der Waals surface area (Å²) in [5, 5.41) is 0. The zero-order valence-electron chi connectivity index (χ0n) is 6.59. The minimum atomic E-state index is 0.211. The topological polar surface area (TPSA) is 64.4 Å². The minimum Gasteiger partial charge on any atom is -0.370 e. The van der Waals surface area contributed by atoms with Crippen LogP contribution in [0.1, 0.15) is 20.3 Å². The molecule has 4 N–H and O–H groups in total. The Morgan fingerprint density at radius 2 is 2.10 bits per heavy atom. The van der Waals surface area contributed by atoms with Crippen molar-refractivity contribution in [2.75, 3.05) is 6.54 Å². The van der Waals surface area contributed by atoms with E-state index in [0.29, 0.717) is 11.3 Å². The lowest BCUT2D eigenvalue weighted by Gasteiger charge is -1.98. The number of hydrogen-bond acceptors (Lipinski definition) is 1. The maximum atomic E-state index is 5.18. The average Bonchev–Trinajstić information content (AvgIpc) is 2.35. The molecule has 0 heterocycles. The quantitative estimate of drug-likeness (QED) is 0.429. The molecule has 0 amide bonds. The van der Waals surface area contributed by atoms with Crippen LogP contribution < -0.4 is 11.5 Å². The SMILES string of the molecule is CC1(C)CC1CN=C(N)N. The van der Waals surface area contributed by atoms with Gasteiger partial charge in [-0.2, -0.15) is 0 Å². The van der Waals surface area contributed by atoms with Crippen LogP contribution in [-0.4, -0.2) is 12.5 Å². The molecule has 0 spiro atoms. The molecule has 1 rings (SSSR count). The Bertz CT molecular complexity index is 156. The fourth-order valence-corrected chi connectivity index (χ4v) is 1.10. The molecule has 58 valence electrons. The van der Waals surface area contributed by atoms with Gasteiger partial charge in [0.25, 0.3) is 0 Å². The molecule has 10 heavy (non-hydrogen) atoms. The lowest BCUT2D eigenvalue weighted by molar-refractivity contribution is 0.565. The van der Waals surface area contributed by atoms with E-state index in [2.05, 4.69) is 18.8 Å². The number of nitrogens with zero attached hydrogens (tertiary/aromatic N) is 1. The van der Waals surface area contributed by atoms with E-state index in [1.165, 1.54) is 6.42 Å². The Labute approximate surface area is 61.5 Å². The van der Waals surface area contributed by atoms with Gasteiger partial charge in [0, 0.05) is 6.54 Å². The van der Waals surface area contributed by atoms with Crippen LogP contribution in [0.2, 0.25) is 0 Å². The predicted octanol–water partition coefficient (Wildman–Crippen LogP) is 0.306. The molecular formula is C7H15N3. The third kappa shape index (κ3) is 1.62. The molecule has 1 unspecified atom stereocenters. The van der Waals surface area contributed by atoms with Crippen molar-refractivity contribution in [3.8, 4) is 0 Å². The number of guanidine groups is 1. The number of aliphatic imine (C=N–C) groups is 1. The van der Waals surface area contributed by atoms with E-state index >= 15 is 0 Å². The summed E-state index contributed by atoms with van der Waals surface area (Å²) in [6.07, 6.45) is 1.25. The highest BCUT2D eigenvalue weighted by atomic mass is 15.0. The van der Waals surface area contributed by atoms with Crippen molar-refractivity contribution in [3.05, 3.63) is 0 Å². The van der Waals surface area contributed by atoms with Gasteiger partial charge in [-0.05, 0) is 17.8 Å². The van der Waals surface area contributed by atoms with E-state index in [1.54, 1.807) is 0 Å². The second-order valence-electron chi connectivity index (χ2n) is 3.66. The highest BCUT2D eigenvalue weighted by Crippen LogP contribution is 2.51. The lowest BCUT2D eigenvalue weighted by Crippen LogP contribution is -2.23. The summed E-state index contributed by atoms with van der Waals surface area (Å²) in [6, 6.07) is 0. The smallest absolute Gasteiger partial charge is 0.185 e. The fraction of sp³-hybridized carbons (Fsp3) is 0.857. The van der Waals surface area contributed by atoms with E-state index in [4.69, 9.17) is 11.5 Å². The molecule has 1 aliphatic carbocycles. The van der Waals surface area contributed by atoms with Crippen LogP contribution in [0, 0.1) is 11.3 Å². The molecule has 0 saturated heterocycles. The Hall–Kier alpha value is -0.730. The third-order valence-electron chi connectivity index (χ3n) is 2.21. The number of hydrogen-bond donors (Lipinski definition) is 2. The maximum Gasteiger partial charge on any atom is 0.185 e. The number of nitrogens with two attached hydrogens (primary N) is 2. The molecule has 0 bridgehead atoms. The predicted molar refractivity (Wildman–Crippen MR) is 42.6 cm³/mol. The van der Waals surface area contributed by atoms with Crippen LogP contribution in [0.5, 0.6) is 0 Å². The van der Waals surface area contributed by atoms with E-state index in [0.717, 1.165) is 6.54 Å². The summed E-state index contributed by atoms with van der Waals surface area (Å²) in [5.74, 6) is 0.914. The van der Waals surface area contributed by atoms with Crippen molar-refractivity contribution >= 4 is 5.96 Å². The lowest BCUT2D eigenvalue weighted by atomic mass is 10.1. The van der Waals surface area contributed by atoms with Gasteiger partial charge in [0.15, 0.2) is 5.96 Å². The van der Waals surface area contributed by atoms with Gasteiger partial charge in [0.2, 0.25) is 0 Å². The van der Waals surface area contributed by atoms with Gasteiger partial charge in [-0.1, -0.05) is 13.8 Å². The normalized spacial score (nSPS) is 27.6. The molecule has 1 atom stereocenters. The first-order valence-corrected chi connectivity index (χ1v) is 3.58. The second-order valence-corrected chi connectivity index (χ2v) is 3.66. The van der Waals surface area contributed by atoms with E-state index in [9.17, 15) is 0 Å². The van der Waals surface area contributed by atoms with E-state index in [-0.39, 0.29) is 5.96 Å². The fourth-order valence-electron chi connectivity index (χ4n) is 1.10. The summed E-state index contributed by atoms with van der Waals surface area (Å²) < 4.78 is 0. The van der Waals surface area contributed by atoms with Gasteiger partial charge >= 0.3 is 0 Å². The van der Waals surface area contributed by atoms with Gasteiger partial charge in [-0.25, -0.2) is 0 Å². The molecule has 3 nitrogen and oxygen atoms in total. The standard InChI is InChI=1S/C7H15N3/c1-7(2)3-5(7)4-10-6(8)9/h5H,3-4H2,1-2H3,(H4,8,9,10). The van der Waals surface area contributed by atoms with Crippen LogP contribution in [0.4, 0.5) is 0 Å². The second kappa shape index (κ2) is 2.15. The Kier molecular flexibility index (Phi) is 1.58.